The van der Waals surface area contributed by atoms with Crippen molar-refractivity contribution in [2.24, 2.45) is 5.92 Å². The van der Waals surface area contributed by atoms with Gasteiger partial charge in [0.1, 0.15) is 5.78 Å². The highest BCUT2D eigenvalue weighted by atomic mass is 16.1. The largest absolute Gasteiger partial charge is 0.334 e. The third-order valence-electron chi connectivity index (χ3n) is 3.63. The second kappa shape index (κ2) is 5.45. The molecule has 1 aromatic rings. The van der Waals surface area contributed by atoms with Crippen molar-refractivity contribution in [3.63, 3.8) is 0 Å². The number of hydrogen-bond acceptors (Lipinski definition) is 3. The molecule has 2 heterocycles. The summed E-state index contributed by atoms with van der Waals surface area (Å²) in [6, 6.07) is 0. The minimum Gasteiger partial charge on any atom is -0.334 e. The van der Waals surface area contributed by atoms with Crippen molar-refractivity contribution in [2.45, 2.75) is 39.8 Å². The predicted molar refractivity (Wildman–Crippen MR) is 66.6 cm³/mol. The number of ketones is 1. The van der Waals surface area contributed by atoms with Gasteiger partial charge in [0, 0.05) is 44.7 Å². The quantitative estimate of drug-likeness (QED) is 0.797. The van der Waals surface area contributed by atoms with Crippen molar-refractivity contribution in [3.8, 4) is 0 Å². The summed E-state index contributed by atoms with van der Waals surface area (Å²) in [5, 5.41) is 0. The Labute approximate surface area is 103 Å². The van der Waals surface area contributed by atoms with Crippen LogP contribution in [0.25, 0.3) is 0 Å². The molecule has 2 rings (SSSR count). The lowest BCUT2D eigenvalue weighted by Gasteiger charge is -2.31. The molecule has 1 saturated heterocycles. The fraction of sp³-hybridized carbons (Fsp3) is 0.692. The Morgan fingerprint density at radius 2 is 2.29 bits per heavy atom. The molecule has 17 heavy (non-hydrogen) atoms. The Morgan fingerprint density at radius 3 is 3.00 bits per heavy atom. The van der Waals surface area contributed by atoms with Gasteiger partial charge in [-0.2, -0.15) is 0 Å². The van der Waals surface area contributed by atoms with Gasteiger partial charge in [-0.15, -0.1) is 0 Å². The normalized spacial score (nSPS) is 22.0. The molecule has 0 bridgehead atoms. The minimum atomic E-state index is 0.238. The molecular formula is C13H21N3O. The molecule has 0 amide bonds. The molecule has 0 aromatic carbocycles. The maximum absolute atomic E-state index is 11.7. The highest BCUT2D eigenvalue weighted by Crippen LogP contribution is 2.18. The van der Waals surface area contributed by atoms with Gasteiger partial charge >= 0.3 is 0 Å². The zero-order chi connectivity index (χ0) is 12.3. The smallest absolute Gasteiger partial charge is 0.138 e. The van der Waals surface area contributed by atoms with Crippen molar-refractivity contribution in [1.82, 2.24) is 14.5 Å². The first kappa shape index (κ1) is 12.3. The van der Waals surface area contributed by atoms with E-state index in [0.29, 0.717) is 12.2 Å². The second-order valence-electron chi connectivity index (χ2n) is 4.73. The van der Waals surface area contributed by atoms with E-state index < -0.39 is 0 Å². The average Bonchev–Trinajstić information content (AvgIpc) is 2.79. The van der Waals surface area contributed by atoms with Gasteiger partial charge in [-0.3, -0.25) is 9.69 Å². The number of nitrogens with zero attached hydrogens (tertiary/aromatic N) is 3. The van der Waals surface area contributed by atoms with Crippen LogP contribution in [0, 0.1) is 5.92 Å². The lowest BCUT2D eigenvalue weighted by Crippen LogP contribution is -2.40. The van der Waals surface area contributed by atoms with Crippen LogP contribution in [0.2, 0.25) is 0 Å². The molecular weight excluding hydrogens is 214 g/mol. The average molecular weight is 235 g/mol. The number of rotatable bonds is 4. The van der Waals surface area contributed by atoms with Crippen LogP contribution in [-0.2, 0) is 17.9 Å². The van der Waals surface area contributed by atoms with Crippen LogP contribution in [-0.4, -0.2) is 33.3 Å². The standard InChI is InChI=1S/C13H21N3O/c1-3-11-8-15(6-5-13(11)17)9-12-7-14-10-16(12)4-2/h7,10-11H,3-6,8-9H2,1-2H3. The summed E-state index contributed by atoms with van der Waals surface area (Å²) in [5.41, 5.74) is 1.25. The van der Waals surface area contributed by atoms with E-state index in [1.807, 2.05) is 12.5 Å². The molecule has 0 saturated carbocycles. The number of carbonyl (C=O) groups is 1. The van der Waals surface area contributed by atoms with Crippen molar-refractivity contribution < 1.29 is 4.79 Å². The maximum Gasteiger partial charge on any atom is 0.138 e. The van der Waals surface area contributed by atoms with E-state index in [1.54, 1.807) is 0 Å². The molecule has 4 nitrogen and oxygen atoms in total. The number of aryl methyl sites for hydroxylation is 1. The van der Waals surface area contributed by atoms with Gasteiger partial charge in [0.2, 0.25) is 0 Å². The van der Waals surface area contributed by atoms with Crippen LogP contribution in [0.4, 0.5) is 0 Å². The first-order valence-corrected chi connectivity index (χ1v) is 6.48. The Morgan fingerprint density at radius 1 is 1.47 bits per heavy atom. The monoisotopic (exact) mass is 235 g/mol. The van der Waals surface area contributed by atoms with Crippen LogP contribution in [0.1, 0.15) is 32.4 Å². The first-order chi connectivity index (χ1) is 8.24. The lowest BCUT2D eigenvalue weighted by molar-refractivity contribution is -0.126. The van der Waals surface area contributed by atoms with Crippen LogP contribution in [0.15, 0.2) is 12.5 Å². The van der Waals surface area contributed by atoms with Crippen molar-refractivity contribution in [3.05, 3.63) is 18.2 Å². The molecule has 1 fully saturated rings. The Bertz CT molecular complexity index is 386. The van der Waals surface area contributed by atoms with Crippen LogP contribution >= 0.6 is 0 Å². The molecule has 1 atom stereocenters. The maximum atomic E-state index is 11.7. The zero-order valence-corrected chi connectivity index (χ0v) is 10.7. The molecule has 1 unspecified atom stereocenters. The summed E-state index contributed by atoms with van der Waals surface area (Å²) in [7, 11) is 0. The van der Waals surface area contributed by atoms with E-state index in [9.17, 15) is 4.79 Å². The number of imidazole rings is 1. The summed E-state index contributed by atoms with van der Waals surface area (Å²) in [4.78, 5) is 18.2. The fourth-order valence-electron chi connectivity index (χ4n) is 2.47. The highest BCUT2D eigenvalue weighted by molar-refractivity contribution is 5.82. The van der Waals surface area contributed by atoms with Gasteiger partial charge < -0.3 is 4.57 Å². The van der Waals surface area contributed by atoms with Crippen LogP contribution < -0.4 is 0 Å². The predicted octanol–water partition coefficient (Wildman–Crippen LogP) is 1.70. The summed E-state index contributed by atoms with van der Waals surface area (Å²) in [6.45, 7) is 7.90. The van der Waals surface area contributed by atoms with Gasteiger partial charge in [-0.1, -0.05) is 6.92 Å². The SMILES string of the molecule is CCC1CN(Cc2cncn2CC)CCC1=O. The molecule has 1 aliphatic heterocycles. The van der Waals surface area contributed by atoms with E-state index in [0.717, 1.165) is 32.6 Å². The van der Waals surface area contributed by atoms with E-state index in [4.69, 9.17) is 0 Å². The molecule has 94 valence electrons. The number of Topliss-reactive ketones (excluding diaryl/α,β-unsaturated/α-hetero) is 1. The number of likely N-dealkylation sites (tertiary alicyclic amines) is 1. The fourth-order valence-corrected chi connectivity index (χ4v) is 2.47. The molecule has 4 heteroatoms. The van der Waals surface area contributed by atoms with Crippen molar-refractivity contribution >= 4 is 5.78 Å². The summed E-state index contributed by atoms with van der Waals surface area (Å²) in [5.74, 6) is 0.675. The van der Waals surface area contributed by atoms with Gasteiger partial charge in [-0.25, -0.2) is 4.98 Å². The van der Waals surface area contributed by atoms with Crippen molar-refractivity contribution in [2.75, 3.05) is 13.1 Å². The van der Waals surface area contributed by atoms with Gasteiger partial charge in [-0.05, 0) is 13.3 Å². The minimum absolute atomic E-state index is 0.238. The highest BCUT2D eigenvalue weighted by Gasteiger charge is 2.25. The zero-order valence-electron chi connectivity index (χ0n) is 10.7. The van der Waals surface area contributed by atoms with E-state index in [-0.39, 0.29) is 5.92 Å². The van der Waals surface area contributed by atoms with E-state index in [1.165, 1.54) is 5.69 Å². The Balaban J connectivity index is 1.98. The van der Waals surface area contributed by atoms with Gasteiger partial charge in [0.25, 0.3) is 0 Å². The molecule has 0 N–H and O–H groups in total. The summed E-state index contributed by atoms with van der Waals surface area (Å²) >= 11 is 0. The number of hydrogen-bond donors (Lipinski definition) is 0. The van der Waals surface area contributed by atoms with Crippen LogP contribution in [0.3, 0.4) is 0 Å². The number of carbonyl (C=O) groups excluding carboxylic acids is 1. The summed E-state index contributed by atoms with van der Waals surface area (Å²) in [6.07, 6.45) is 5.48. The Hall–Kier alpha value is -1.16. The van der Waals surface area contributed by atoms with Gasteiger partial charge in [0.15, 0.2) is 0 Å². The number of piperidine rings is 1. The third-order valence-corrected chi connectivity index (χ3v) is 3.63. The lowest BCUT2D eigenvalue weighted by atomic mass is 9.94. The van der Waals surface area contributed by atoms with E-state index in [2.05, 4.69) is 28.3 Å². The third kappa shape index (κ3) is 2.75. The first-order valence-electron chi connectivity index (χ1n) is 6.48. The molecule has 0 spiro atoms. The molecule has 1 aromatic heterocycles. The van der Waals surface area contributed by atoms with Crippen molar-refractivity contribution in [1.29, 1.82) is 0 Å². The number of aromatic nitrogens is 2. The molecule has 0 radical (unpaired) electrons. The second-order valence-corrected chi connectivity index (χ2v) is 4.73. The summed E-state index contributed by atoms with van der Waals surface area (Å²) < 4.78 is 2.16. The van der Waals surface area contributed by atoms with Crippen LogP contribution in [0.5, 0.6) is 0 Å². The topological polar surface area (TPSA) is 38.1 Å². The Kier molecular flexibility index (Phi) is 3.94. The molecule has 0 aliphatic carbocycles. The van der Waals surface area contributed by atoms with Gasteiger partial charge in [0.05, 0.1) is 12.0 Å². The molecule has 1 aliphatic rings. The van der Waals surface area contributed by atoms with E-state index >= 15 is 0 Å².